The van der Waals surface area contributed by atoms with E-state index in [1.54, 1.807) is 0 Å². The Balaban J connectivity index is 2.25. The molecule has 0 aromatic rings. The number of unbranched alkanes of at least 4 members (excludes halogenated alkanes) is 1. The number of nitrogens with zero attached hydrogens (tertiary/aromatic N) is 1. The zero-order valence-corrected chi connectivity index (χ0v) is 10.00. The molecule has 0 spiro atoms. The number of carbonyl (C=O) groups excluding carboxylic acids is 2. The topological polar surface area (TPSA) is 96.0 Å². The number of nitriles is 1. The summed E-state index contributed by atoms with van der Waals surface area (Å²) in [5.74, 6) is -0.475. The molecule has 5 heteroatoms. The van der Waals surface area contributed by atoms with Crippen LogP contribution in [0.5, 0.6) is 0 Å². The summed E-state index contributed by atoms with van der Waals surface area (Å²) in [5, 5.41) is 11.9. The van der Waals surface area contributed by atoms with Crippen molar-refractivity contribution in [1.29, 1.82) is 5.26 Å². The average Bonchev–Trinajstić information content (AvgIpc) is 2.77. The summed E-state index contributed by atoms with van der Waals surface area (Å²) in [7, 11) is 0. The minimum absolute atomic E-state index is 0.156. The molecule has 3 N–H and O–H groups in total. The molecule has 0 aromatic carbocycles. The van der Waals surface area contributed by atoms with Gasteiger partial charge in [-0.15, -0.1) is 0 Å². The molecule has 5 nitrogen and oxygen atoms in total. The van der Waals surface area contributed by atoms with Crippen molar-refractivity contribution in [3.05, 3.63) is 0 Å². The van der Waals surface area contributed by atoms with Gasteiger partial charge in [-0.3, -0.25) is 9.59 Å². The summed E-state index contributed by atoms with van der Waals surface area (Å²) in [6, 6.07) is 2.15. The van der Waals surface area contributed by atoms with Crippen molar-refractivity contribution >= 4 is 11.8 Å². The first kappa shape index (κ1) is 13.5. The molecule has 0 heterocycles. The Morgan fingerprint density at radius 3 is 2.47 bits per heavy atom. The van der Waals surface area contributed by atoms with E-state index in [9.17, 15) is 9.59 Å². The van der Waals surface area contributed by atoms with Gasteiger partial charge in [0.05, 0.1) is 6.07 Å². The lowest BCUT2D eigenvalue weighted by Crippen LogP contribution is -2.38. The van der Waals surface area contributed by atoms with Gasteiger partial charge in [0.25, 0.3) is 0 Å². The molecule has 0 saturated heterocycles. The first-order chi connectivity index (χ1) is 8.10. The largest absolute Gasteiger partial charge is 0.370 e. The van der Waals surface area contributed by atoms with Gasteiger partial charge < -0.3 is 11.1 Å². The van der Waals surface area contributed by atoms with Crippen LogP contribution in [0.1, 0.15) is 44.9 Å². The number of carbonyl (C=O) groups is 2. The molecule has 0 atom stereocenters. The maximum atomic E-state index is 11.9. The van der Waals surface area contributed by atoms with Crippen molar-refractivity contribution in [2.45, 2.75) is 44.9 Å². The second-order valence-corrected chi connectivity index (χ2v) is 4.58. The Morgan fingerprint density at radius 2 is 1.94 bits per heavy atom. The Hall–Kier alpha value is -1.57. The van der Waals surface area contributed by atoms with E-state index in [1.165, 1.54) is 0 Å². The quantitative estimate of drug-likeness (QED) is 0.670. The van der Waals surface area contributed by atoms with Gasteiger partial charge in [-0.25, -0.2) is 0 Å². The Morgan fingerprint density at radius 1 is 1.29 bits per heavy atom. The van der Waals surface area contributed by atoms with E-state index in [4.69, 9.17) is 11.0 Å². The molecule has 1 saturated carbocycles. The fourth-order valence-electron chi connectivity index (χ4n) is 2.16. The lowest BCUT2D eigenvalue weighted by atomic mass is 9.87. The summed E-state index contributed by atoms with van der Waals surface area (Å²) < 4.78 is 0. The van der Waals surface area contributed by atoms with Gasteiger partial charge >= 0.3 is 0 Å². The van der Waals surface area contributed by atoms with Gasteiger partial charge in [0.15, 0.2) is 0 Å². The second kappa shape index (κ2) is 6.24. The lowest BCUT2D eigenvalue weighted by molar-refractivity contribution is -0.127. The van der Waals surface area contributed by atoms with Gasteiger partial charge in [0.2, 0.25) is 11.8 Å². The molecular formula is C12H19N3O2. The first-order valence-corrected chi connectivity index (χ1v) is 6.08. The van der Waals surface area contributed by atoms with E-state index < -0.39 is 5.41 Å². The fraction of sp³-hybridized carbons (Fsp3) is 0.750. The van der Waals surface area contributed by atoms with Gasteiger partial charge in [-0.2, -0.15) is 5.26 Å². The number of nitrogens with one attached hydrogen (secondary N) is 1. The Bertz CT molecular complexity index is 327. The van der Waals surface area contributed by atoms with E-state index in [2.05, 4.69) is 11.4 Å². The minimum Gasteiger partial charge on any atom is -0.370 e. The first-order valence-electron chi connectivity index (χ1n) is 6.08. The summed E-state index contributed by atoms with van der Waals surface area (Å²) in [6.45, 7) is 0.509. The number of primary amides is 1. The molecule has 1 rings (SSSR count). The minimum atomic E-state index is -0.802. The fourth-order valence-corrected chi connectivity index (χ4v) is 2.16. The maximum absolute atomic E-state index is 11.9. The predicted molar refractivity (Wildman–Crippen MR) is 62.6 cm³/mol. The van der Waals surface area contributed by atoms with Crippen LogP contribution in [0.2, 0.25) is 0 Å². The van der Waals surface area contributed by atoms with Crippen molar-refractivity contribution < 1.29 is 9.59 Å². The van der Waals surface area contributed by atoms with Crippen molar-refractivity contribution in [2.75, 3.05) is 6.54 Å². The van der Waals surface area contributed by atoms with E-state index >= 15 is 0 Å². The SMILES string of the molecule is N#CC1(C(=O)NCCCCC(N)=O)CCCC1. The Labute approximate surface area is 101 Å². The van der Waals surface area contributed by atoms with Gasteiger partial charge in [-0.1, -0.05) is 12.8 Å². The van der Waals surface area contributed by atoms with Crippen LogP contribution in [0.3, 0.4) is 0 Å². The van der Waals surface area contributed by atoms with Crippen LogP contribution in [0.15, 0.2) is 0 Å². The van der Waals surface area contributed by atoms with Crippen LogP contribution in [-0.4, -0.2) is 18.4 Å². The molecule has 1 aliphatic rings. The van der Waals surface area contributed by atoms with Gasteiger partial charge in [-0.05, 0) is 25.7 Å². The molecule has 0 aliphatic heterocycles. The third kappa shape index (κ3) is 3.74. The highest BCUT2D eigenvalue weighted by Crippen LogP contribution is 2.37. The molecule has 0 unspecified atom stereocenters. The predicted octanol–water partition coefficient (Wildman–Crippen LogP) is 0.842. The van der Waals surface area contributed by atoms with E-state index in [0.29, 0.717) is 32.2 Å². The number of rotatable bonds is 6. The molecular weight excluding hydrogens is 218 g/mol. The number of hydrogen-bond donors (Lipinski definition) is 2. The van der Waals surface area contributed by atoms with Crippen LogP contribution in [0.25, 0.3) is 0 Å². The third-order valence-electron chi connectivity index (χ3n) is 3.24. The van der Waals surface area contributed by atoms with E-state index in [0.717, 1.165) is 19.3 Å². The van der Waals surface area contributed by atoms with Crippen molar-refractivity contribution in [2.24, 2.45) is 11.1 Å². The Kier molecular flexibility index (Phi) is 4.95. The number of amides is 2. The standard InChI is InChI=1S/C12H19N3O2/c13-9-12(6-2-3-7-12)11(17)15-8-4-1-5-10(14)16/h1-8H2,(H2,14,16)(H,15,17). The molecule has 0 aromatic heterocycles. The highest BCUT2D eigenvalue weighted by molar-refractivity contribution is 5.85. The van der Waals surface area contributed by atoms with E-state index in [-0.39, 0.29) is 11.8 Å². The smallest absolute Gasteiger partial charge is 0.240 e. The van der Waals surface area contributed by atoms with Crippen LogP contribution in [0, 0.1) is 16.7 Å². The normalized spacial score (nSPS) is 17.4. The summed E-state index contributed by atoms with van der Waals surface area (Å²) in [6.07, 6.45) is 4.96. The summed E-state index contributed by atoms with van der Waals surface area (Å²) in [4.78, 5) is 22.4. The van der Waals surface area contributed by atoms with Gasteiger partial charge in [0, 0.05) is 13.0 Å². The van der Waals surface area contributed by atoms with Crippen molar-refractivity contribution in [1.82, 2.24) is 5.32 Å². The average molecular weight is 237 g/mol. The van der Waals surface area contributed by atoms with Crippen molar-refractivity contribution in [3.63, 3.8) is 0 Å². The summed E-state index contributed by atoms with van der Waals surface area (Å²) in [5.41, 5.74) is 4.21. The molecule has 94 valence electrons. The monoisotopic (exact) mass is 237 g/mol. The summed E-state index contributed by atoms with van der Waals surface area (Å²) >= 11 is 0. The molecule has 1 aliphatic carbocycles. The highest BCUT2D eigenvalue weighted by atomic mass is 16.2. The number of nitrogens with two attached hydrogens (primary N) is 1. The van der Waals surface area contributed by atoms with E-state index in [1.807, 2.05) is 0 Å². The highest BCUT2D eigenvalue weighted by Gasteiger charge is 2.41. The van der Waals surface area contributed by atoms with Crippen LogP contribution in [-0.2, 0) is 9.59 Å². The third-order valence-corrected chi connectivity index (χ3v) is 3.24. The van der Waals surface area contributed by atoms with Crippen LogP contribution >= 0.6 is 0 Å². The molecule has 1 fully saturated rings. The zero-order chi connectivity index (χ0) is 12.7. The molecule has 0 radical (unpaired) electrons. The van der Waals surface area contributed by atoms with Crippen molar-refractivity contribution in [3.8, 4) is 6.07 Å². The lowest BCUT2D eigenvalue weighted by Gasteiger charge is -2.19. The maximum Gasteiger partial charge on any atom is 0.240 e. The molecule has 17 heavy (non-hydrogen) atoms. The van der Waals surface area contributed by atoms with Crippen LogP contribution < -0.4 is 11.1 Å². The van der Waals surface area contributed by atoms with Gasteiger partial charge in [0.1, 0.15) is 5.41 Å². The van der Waals surface area contributed by atoms with Crippen LogP contribution in [0.4, 0.5) is 0 Å². The zero-order valence-electron chi connectivity index (χ0n) is 10.00. The molecule has 2 amide bonds. The second-order valence-electron chi connectivity index (χ2n) is 4.58. The molecule has 0 bridgehead atoms. The number of hydrogen-bond acceptors (Lipinski definition) is 3.